The molecule has 3 aromatic heterocycles. The van der Waals surface area contributed by atoms with Crippen LogP contribution in [0.4, 0.5) is 4.39 Å². The molecule has 30 heavy (non-hydrogen) atoms. The summed E-state index contributed by atoms with van der Waals surface area (Å²) in [5.74, 6) is -0.892. The minimum absolute atomic E-state index is 0.270. The van der Waals surface area contributed by atoms with Gasteiger partial charge in [-0.05, 0) is 30.3 Å². The average Bonchev–Trinajstić information content (AvgIpc) is 3.43. The third kappa shape index (κ3) is 2.80. The van der Waals surface area contributed by atoms with E-state index in [9.17, 15) is 9.18 Å². The van der Waals surface area contributed by atoms with Crippen molar-refractivity contribution in [1.29, 1.82) is 0 Å². The van der Waals surface area contributed by atoms with Gasteiger partial charge in [-0.15, -0.1) is 0 Å². The number of fused-ring (bicyclic) bond motifs is 2. The molecule has 0 saturated carbocycles. The summed E-state index contributed by atoms with van der Waals surface area (Å²) >= 11 is 12.4. The van der Waals surface area contributed by atoms with Crippen molar-refractivity contribution in [1.82, 2.24) is 15.0 Å². The van der Waals surface area contributed by atoms with Gasteiger partial charge < -0.3 is 19.7 Å². The van der Waals surface area contributed by atoms with Crippen LogP contribution in [0, 0.1) is 5.82 Å². The number of methoxy groups -OCH3 is 1. The Kier molecular flexibility index (Phi) is 4.34. The van der Waals surface area contributed by atoms with E-state index >= 15 is 0 Å². The smallest absolute Gasteiger partial charge is 0.355 e. The highest BCUT2D eigenvalue weighted by atomic mass is 35.5. The number of aromatic nitrogens is 3. The molecule has 3 heterocycles. The van der Waals surface area contributed by atoms with Crippen LogP contribution in [0.1, 0.15) is 10.5 Å². The largest absolute Gasteiger partial charge is 0.464 e. The molecule has 0 saturated heterocycles. The Morgan fingerprint density at radius 2 is 1.53 bits per heavy atom. The lowest BCUT2D eigenvalue weighted by Gasteiger charge is -2.07. The van der Waals surface area contributed by atoms with Gasteiger partial charge in [-0.25, -0.2) is 9.18 Å². The van der Waals surface area contributed by atoms with Gasteiger partial charge in [0.05, 0.1) is 17.2 Å². The molecule has 5 aromatic rings. The van der Waals surface area contributed by atoms with Crippen molar-refractivity contribution in [3.8, 4) is 22.3 Å². The van der Waals surface area contributed by atoms with Crippen molar-refractivity contribution < 1.29 is 13.9 Å². The average molecular weight is 442 g/mol. The van der Waals surface area contributed by atoms with Crippen LogP contribution in [0.25, 0.3) is 44.1 Å². The van der Waals surface area contributed by atoms with E-state index in [2.05, 4.69) is 15.0 Å². The molecule has 0 radical (unpaired) electrons. The van der Waals surface area contributed by atoms with Gasteiger partial charge in [0.2, 0.25) is 0 Å². The third-order valence-corrected chi connectivity index (χ3v) is 5.92. The van der Waals surface area contributed by atoms with Gasteiger partial charge in [-0.1, -0.05) is 23.2 Å². The number of hydrogen-bond acceptors (Lipinski definition) is 2. The summed E-state index contributed by atoms with van der Waals surface area (Å²) in [7, 11) is 1.31. The molecule has 0 atom stereocenters. The number of carbonyl (C=O) groups excluding carboxylic acids is 1. The lowest BCUT2D eigenvalue weighted by Crippen LogP contribution is -2.03. The summed E-state index contributed by atoms with van der Waals surface area (Å²) in [5.41, 5.74) is 4.66. The summed E-state index contributed by atoms with van der Waals surface area (Å²) in [6.07, 6.45) is 5.30. The molecule has 0 fully saturated rings. The number of rotatable bonds is 3. The molecular weight excluding hydrogens is 428 g/mol. The minimum atomic E-state index is -0.525. The van der Waals surface area contributed by atoms with E-state index in [4.69, 9.17) is 27.9 Å². The van der Waals surface area contributed by atoms with Crippen LogP contribution >= 0.6 is 23.2 Å². The standard InChI is InChI=1S/C22H14Cl2FN3O2/c1-30-22(29)21-20(14-8-26-18-3-2-10(25)4-11(14)18)15(9-28-21)13-7-27-19-6-17(24)16(23)5-12(13)19/h2-9,26-28H,1H3. The Balaban J connectivity index is 1.83. The molecule has 0 aliphatic rings. The Labute approximate surface area is 179 Å². The van der Waals surface area contributed by atoms with E-state index in [1.165, 1.54) is 19.2 Å². The molecule has 0 amide bonds. The second-order valence-electron chi connectivity index (χ2n) is 6.85. The lowest BCUT2D eigenvalue weighted by molar-refractivity contribution is 0.0596. The maximum absolute atomic E-state index is 14.0. The predicted octanol–water partition coefficient (Wildman–Crippen LogP) is 6.54. The fraction of sp³-hybridized carbons (Fsp3) is 0.0455. The fourth-order valence-corrected chi connectivity index (χ4v) is 4.15. The van der Waals surface area contributed by atoms with Gasteiger partial charge in [0.15, 0.2) is 0 Å². The maximum Gasteiger partial charge on any atom is 0.355 e. The number of halogens is 3. The second kappa shape index (κ2) is 6.93. The molecule has 150 valence electrons. The van der Waals surface area contributed by atoms with E-state index in [0.717, 1.165) is 27.5 Å². The quantitative estimate of drug-likeness (QED) is 0.278. The zero-order chi connectivity index (χ0) is 21.0. The summed E-state index contributed by atoms with van der Waals surface area (Å²) < 4.78 is 18.9. The normalized spacial score (nSPS) is 11.5. The number of H-pyrrole nitrogens is 3. The van der Waals surface area contributed by atoms with E-state index < -0.39 is 5.97 Å². The highest BCUT2D eigenvalue weighted by Gasteiger charge is 2.24. The summed E-state index contributed by atoms with van der Waals surface area (Å²) in [6, 6.07) is 8.00. The number of hydrogen-bond donors (Lipinski definition) is 3. The van der Waals surface area contributed by atoms with Crippen molar-refractivity contribution >= 4 is 51.0 Å². The zero-order valence-electron chi connectivity index (χ0n) is 15.6. The number of carbonyl (C=O) groups is 1. The first kappa shape index (κ1) is 18.8. The summed E-state index contributed by atoms with van der Waals surface area (Å²) in [5, 5.41) is 2.35. The van der Waals surface area contributed by atoms with Crippen molar-refractivity contribution in [2.45, 2.75) is 0 Å². The first-order valence-electron chi connectivity index (χ1n) is 9.01. The lowest BCUT2D eigenvalue weighted by atomic mass is 9.96. The van der Waals surface area contributed by atoms with Crippen molar-refractivity contribution in [3.63, 3.8) is 0 Å². The van der Waals surface area contributed by atoms with Gasteiger partial charge in [-0.2, -0.15) is 0 Å². The number of aromatic amines is 3. The molecule has 5 rings (SSSR count). The monoisotopic (exact) mass is 441 g/mol. The Morgan fingerprint density at radius 3 is 2.33 bits per heavy atom. The molecule has 0 aliphatic heterocycles. The van der Waals surface area contributed by atoms with Gasteiger partial charge >= 0.3 is 5.97 Å². The van der Waals surface area contributed by atoms with Gasteiger partial charge in [0.25, 0.3) is 0 Å². The van der Waals surface area contributed by atoms with Gasteiger partial charge in [0, 0.05) is 62.7 Å². The molecule has 8 heteroatoms. The molecule has 2 aromatic carbocycles. The SMILES string of the molecule is COC(=O)c1[nH]cc(-c2c[nH]c3cc(Cl)c(Cl)cc23)c1-c1c[nH]c2ccc(F)cc12. The first-order valence-corrected chi connectivity index (χ1v) is 9.76. The van der Waals surface area contributed by atoms with E-state index in [1.807, 2.05) is 6.20 Å². The van der Waals surface area contributed by atoms with Gasteiger partial charge in [-0.3, -0.25) is 0 Å². The summed E-state index contributed by atoms with van der Waals surface area (Å²) in [4.78, 5) is 21.8. The molecule has 0 unspecified atom stereocenters. The zero-order valence-corrected chi connectivity index (χ0v) is 17.1. The van der Waals surface area contributed by atoms with Crippen molar-refractivity contribution in [2.24, 2.45) is 0 Å². The summed E-state index contributed by atoms with van der Waals surface area (Å²) in [6.45, 7) is 0. The second-order valence-corrected chi connectivity index (χ2v) is 7.66. The maximum atomic E-state index is 14.0. The van der Waals surface area contributed by atoms with Crippen LogP contribution in [0.5, 0.6) is 0 Å². The molecule has 0 bridgehead atoms. The van der Waals surface area contributed by atoms with Crippen LogP contribution in [0.3, 0.4) is 0 Å². The van der Waals surface area contributed by atoms with Crippen molar-refractivity contribution in [2.75, 3.05) is 7.11 Å². The van der Waals surface area contributed by atoms with E-state index in [-0.39, 0.29) is 11.5 Å². The highest BCUT2D eigenvalue weighted by Crippen LogP contribution is 2.42. The Hall–Kier alpha value is -3.22. The number of ether oxygens (including phenoxy) is 1. The number of esters is 1. The van der Waals surface area contributed by atoms with Gasteiger partial charge in [0.1, 0.15) is 11.5 Å². The van der Waals surface area contributed by atoms with Crippen LogP contribution in [0.15, 0.2) is 48.9 Å². The molecule has 5 nitrogen and oxygen atoms in total. The molecule has 0 spiro atoms. The Morgan fingerprint density at radius 1 is 0.867 bits per heavy atom. The number of nitrogens with one attached hydrogen (secondary N) is 3. The predicted molar refractivity (Wildman–Crippen MR) is 117 cm³/mol. The van der Waals surface area contributed by atoms with Crippen molar-refractivity contribution in [3.05, 3.63) is 70.5 Å². The van der Waals surface area contributed by atoms with Crippen LogP contribution in [0.2, 0.25) is 10.0 Å². The number of benzene rings is 2. The molecule has 3 N–H and O–H groups in total. The van der Waals surface area contributed by atoms with E-state index in [0.29, 0.717) is 26.6 Å². The minimum Gasteiger partial charge on any atom is -0.464 e. The fourth-order valence-electron chi connectivity index (χ4n) is 3.82. The van der Waals surface area contributed by atoms with Crippen LogP contribution in [-0.2, 0) is 4.74 Å². The Bertz CT molecular complexity index is 1450. The van der Waals surface area contributed by atoms with Crippen LogP contribution < -0.4 is 0 Å². The molecule has 0 aliphatic carbocycles. The van der Waals surface area contributed by atoms with Crippen LogP contribution in [-0.4, -0.2) is 28.0 Å². The van der Waals surface area contributed by atoms with E-state index in [1.54, 1.807) is 30.6 Å². The first-order chi connectivity index (χ1) is 14.5. The highest BCUT2D eigenvalue weighted by molar-refractivity contribution is 6.43. The third-order valence-electron chi connectivity index (χ3n) is 5.20. The molecular formula is C22H14Cl2FN3O2. The topological polar surface area (TPSA) is 73.7 Å².